The van der Waals surface area contributed by atoms with E-state index in [0.29, 0.717) is 32.3 Å². The number of nitrogens with one attached hydrogen (secondary N) is 2. The SMILES string of the molecule is CCOC(=O)CCc1cccc([C@@](C)(CCCC(C)(C)CS(=O)(=O)CCO)C(=O)NNC)c1. The molecule has 0 spiro atoms. The van der Waals surface area contributed by atoms with Gasteiger partial charge in [0.25, 0.3) is 0 Å². The van der Waals surface area contributed by atoms with Crippen molar-refractivity contribution in [2.75, 3.05) is 31.8 Å². The second kappa shape index (κ2) is 13.1. The summed E-state index contributed by atoms with van der Waals surface area (Å²) < 4.78 is 29.3. The first kappa shape index (κ1) is 29.1. The maximum Gasteiger partial charge on any atom is 0.306 e. The number of carbonyl (C=O) groups excluding carboxylic acids is 2. The molecule has 3 N–H and O–H groups in total. The van der Waals surface area contributed by atoms with Crippen molar-refractivity contribution in [1.82, 2.24) is 10.9 Å². The molecule has 0 saturated carbocycles. The van der Waals surface area contributed by atoms with Crippen molar-refractivity contribution in [2.24, 2.45) is 5.41 Å². The maximum absolute atomic E-state index is 13.0. The van der Waals surface area contributed by atoms with Crippen molar-refractivity contribution < 1.29 is 27.9 Å². The van der Waals surface area contributed by atoms with E-state index in [-0.39, 0.29) is 36.4 Å². The van der Waals surface area contributed by atoms with Crippen LogP contribution in [-0.4, -0.2) is 57.2 Å². The first-order chi connectivity index (χ1) is 15.4. The van der Waals surface area contributed by atoms with E-state index in [1.807, 2.05) is 45.0 Å². The Hall–Kier alpha value is -1.97. The van der Waals surface area contributed by atoms with Crippen LogP contribution in [0.25, 0.3) is 0 Å². The minimum absolute atomic E-state index is 0.0106. The molecule has 9 heteroatoms. The van der Waals surface area contributed by atoms with Gasteiger partial charge in [-0.15, -0.1) is 0 Å². The zero-order chi connectivity index (χ0) is 25.1. The number of rotatable bonds is 15. The average molecular weight is 485 g/mol. The number of aryl methyl sites for hydroxylation is 1. The lowest BCUT2D eigenvalue weighted by Crippen LogP contribution is -2.47. The Bertz CT molecular complexity index is 885. The second-order valence-electron chi connectivity index (χ2n) is 9.38. The van der Waals surface area contributed by atoms with Crippen LogP contribution in [0.2, 0.25) is 0 Å². The number of amides is 1. The van der Waals surface area contributed by atoms with E-state index in [9.17, 15) is 18.0 Å². The van der Waals surface area contributed by atoms with E-state index in [1.54, 1.807) is 14.0 Å². The summed E-state index contributed by atoms with van der Waals surface area (Å²) in [5.41, 5.74) is 5.85. The lowest BCUT2D eigenvalue weighted by atomic mass is 9.75. The number of sulfone groups is 1. The molecule has 0 saturated heterocycles. The van der Waals surface area contributed by atoms with E-state index < -0.39 is 20.7 Å². The van der Waals surface area contributed by atoms with Gasteiger partial charge in [0.15, 0.2) is 9.84 Å². The van der Waals surface area contributed by atoms with Gasteiger partial charge in [0, 0.05) is 13.5 Å². The lowest BCUT2D eigenvalue weighted by molar-refractivity contribution is -0.143. The quantitative estimate of drug-likeness (QED) is 0.258. The van der Waals surface area contributed by atoms with Gasteiger partial charge in [-0.3, -0.25) is 15.0 Å². The number of carbonyl (C=O) groups is 2. The van der Waals surface area contributed by atoms with Crippen LogP contribution in [0.3, 0.4) is 0 Å². The van der Waals surface area contributed by atoms with Gasteiger partial charge in [-0.25, -0.2) is 13.8 Å². The van der Waals surface area contributed by atoms with Crippen LogP contribution < -0.4 is 10.9 Å². The van der Waals surface area contributed by atoms with Crippen molar-refractivity contribution in [3.63, 3.8) is 0 Å². The Morgan fingerprint density at radius 1 is 1.15 bits per heavy atom. The van der Waals surface area contributed by atoms with Crippen LogP contribution in [0.1, 0.15) is 64.5 Å². The molecule has 0 unspecified atom stereocenters. The fourth-order valence-electron chi connectivity index (χ4n) is 3.99. The number of benzene rings is 1. The Morgan fingerprint density at radius 2 is 1.85 bits per heavy atom. The highest BCUT2D eigenvalue weighted by molar-refractivity contribution is 7.91. The van der Waals surface area contributed by atoms with Crippen molar-refractivity contribution in [3.8, 4) is 0 Å². The average Bonchev–Trinajstić information content (AvgIpc) is 2.71. The third kappa shape index (κ3) is 9.81. The van der Waals surface area contributed by atoms with Crippen LogP contribution in [0.5, 0.6) is 0 Å². The molecule has 0 aliphatic carbocycles. The highest BCUT2D eigenvalue weighted by atomic mass is 32.2. The standard InChI is InChI=1S/C24H40N2O6S/c1-6-32-21(28)12-11-19-9-7-10-20(17-19)24(4,22(29)26-25-5)14-8-13-23(2,3)18-33(30,31)16-15-27/h7,9-10,17,25,27H,6,8,11-16,18H2,1-5H3,(H,26,29)/t24-/m1/s1. The zero-order valence-corrected chi connectivity index (χ0v) is 21.4. The molecule has 0 heterocycles. The number of ether oxygens (including phenoxy) is 1. The number of hydrogen-bond donors (Lipinski definition) is 3. The summed E-state index contributed by atoms with van der Waals surface area (Å²) in [4.78, 5) is 24.7. The molecule has 0 aliphatic heterocycles. The number of hydrogen-bond acceptors (Lipinski definition) is 7. The molecular formula is C24H40N2O6S. The molecule has 0 fully saturated rings. The molecule has 0 aromatic heterocycles. The first-order valence-corrected chi connectivity index (χ1v) is 13.2. The van der Waals surface area contributed by atoms with Crippen molar-refractivity contribution >= 4 is 21.7 Å². The summed E-state index contributed by atoms with van der Waals surface area (Å²) in [7, 11) is -1.70. The summed E-state index contributed by atoms with van der Waals surface area (Å²) in [5.74, 6) is -0.684. The number of esters is 1. The number of aliphatic hydroxyl groups is 1. The first-order valence-electron chi connectivity index (χ1n) is 11.4. The molecule has 0 radical (unpaired) electrons. The summed E-state index contributed by atoms with van der Waals surface area (Å²) in [5, 5.41) is 8.98. The Labute approximate surface area is 198 Å². The van der Waals surface area contributed by atoms with Crippen LogP contribution >= 0.6 is 0 Å². The second-order valence-corrected chi connectivity index (χ2v) is 11.6. The van der Waals surface area contributed by atoms with Gasteiger partial charge < -0.3 is 9.84 Å². The van der Waals surface area contributed by atoms with E-state index in [2.05, 4.69) is 10.9 Å². The van der Waals surface area contributed by atoms with E-state index >= 15 is 0 Å². The van der Waals surface area contributed by atoms with Crippen molar-refractivity contribution in [2.45, 2.75) is 65.2 Å². The van der Waals surface area contributed by atoms with Crippen molar-refractivity contribution in [1.29, 1.82) is 0 Å². The van der Waals surface area contributed by atoms with Crippen LogP contribution in [-0.2, 0) is 36.0 Å². The van der Waals surface area contributed by atoms with Gasteiger partial charge in [0.1, 0.15) is 0 Å². The Morgan fingerprint density at radius 3 is 2.45 bits per heavy atom. The van der Waals surface area contributed by atoms with Gasteiger partial charge >= 0.3 is 5.97 Å². The Balaban J connectivity index is 2.99. The molecule has 1 amide bonds. The molecule has 0 bridgehead atoms. The summed E-state index contributed by atoms with van der Waals surface area (Å²) in [6.07, 6.45) is 2.57. The molecule has 8 nitrogen and oxygen atoms in total. The van der Waals surface area contributed by atoms with Gasteiger partial charge in [-0.05, 0) is 49.7 Å². The van der Waals surface area contributed by atoms with Gasteiger partial charge in [-0.2, -0.15) is 0 Å². The highest BCUT2D eigenvalue weighted by Crippen LogP contribution is 2.34. The van der Waals surface area contributed by atoms with E-state index in [4.69, 9.17) is 9.84 Å². The van der Waals surface area contributed by atoms with Crippen molar-refractivity contribution in [3.05, 3.63) is 35.4 Å². The summed E-state index contributed by atoms with van der Waals surface area (Å²) >= 11 is 0. The molecule has 33 heavy (non-hydrogen) atoms. The molecule has 1 rings (SSSR count). The third-order valence-corrected chi connectivity index (χ3v) is 7.80. The monoisotopic (exact) mass is 484 g/mol. The molecule has 188 valence electrons. The number of hydrazine groups is 1. The molecule has 1 atom stereocenters. The predicted octanol–water partition coefficient (Wildman–Crippen LogP) is 2.29. The topological polar surface area (TPSA) is 122 Å². The van der Waals surface area contributed by atoms with Gasteiger partial charge in [0.05, 0.1) is 30.1 Å². The van der Waals surface area contributed by atoms with Gasteiger partial charge in [0.2, 0.25) is 5.91 Å². The smallest absolute Gasteiger partial charge is 0.306 e. The molecular weight excluding hydrogens is 444 g/mol. The third-order valence-electron chi connectivity index (χ3n) is 5.77. The fraction of sp³-hybridized carbons (Fsp3) is 0.667. The van der Waals surface area contributed by atoms with E-state index in [0.717, 1.165) is 11.1 Å². The summed E-state index contributed by atoms with van der Waals surface area (Å²) in [6.45, 7) is 7.39. The highest BCUT2D eigenvalue weighted by Gasteiger charge is 2.36. The maximum atomic E-state index is 13.0. The molecule has 1 aromatic rings. The van der Waals surface area contributed by atoms with Gasteiger partial charge in [-0.1, -0.05) is 44.5 Å². The van der Waals surface area contributed by atoms with E-state index in [1.165, 1.54) is 0 Å². The molecule has 0 aliphatic rings. The zero-order valence-electron chi connectivity index (χ0n) is 20.6. The van der Waals surface area contributed by atoms with Crippen LogP contribution in [0, 0.1) is 5.41 Å². The van der Waals surface area contributed by atoms with Crippen LogP contribution in [0.15, 0.2) is 24.3 Å². The minimum Gasteiger partial charge on any atom is -0.466 e. The lowest BCUT2D eigenvalue weighted by Gasteiger charge is -2.31. The molecule has 1 aromatic carbocycles. The number of aliphatic hydroxyl groups excluding tert-OH is 1. The fourth-order valence-corrected chi connectivity index (χ4v) is 5.75. The normalized spacial score (nSPS) is 13.9. The van der Waals surface area contributed by atoms with Crippen LogP contribution in [0.4, 0.5) is 0 Å². The Kier molecular flexibility index (Phi) is 11.5. The minimum atomic E-state index is -3.33. The summed E-state index contributed by atoms with van der Waals surface area (Å²) in [6, 6.07) is 7.66. The largest absolute Gasteiger partial charge is 0.466 e. The predicted molar refractivity (Wildman–Crippen MR) is 129 cm³/mol.